The van der Waals surface area contributed by atoms with Crippen LogP contribution in [0.4, 0.5) is 0 Å². The SMILES string of the molecule is CC1CCC(CCn2c(=S)[nH]c3cc(Cl)cnc32)CC1. The predicted octanol–water partition coefficient (Wildman–Crippen LogP) is 4.96. The van der Waals surface area contributed by atoms with Gasteiger partial charge in [0.15, 0.2) is 10.4 Å². The Morgan fingerprint density at radius 3 is 2.90 bits per heavy atom. The molecule has 3 nitrogen and oxygen atoms in total. The summed E-state index contributed by atoms with van der Waals surface area (Å²) in [6.45, 7) is 3.31. The third kappa shape index (κ3) is 2.91. The number of nitrogens with one attached hydrogen (secondary N) is 1. The van der Waals surface area contributed by atoms with E-state index in [4.69, 9.17) is 23.8 Å². The van der Waals surface area contributed by atoms with Crippen LogP contribution in [0.25, 0.3) is 11.2 Å². The van der Waals surface area contributed by atoms with E-state index in [0.29, 0.717) is 5.02 Å². The minimum atomic E-state index is 0.641. The van der Waals surface area contributed by atoms with Crippen molar-refractivity contribution >= 4 is 35.0 Å². The van der Waals surface area contributed by atoms with E-state index >= 15 is 0 Å². The standard InChI is InChI=1S/C15H20ClN3S/c1-10-2-4-11(5-3-10)6-7-19-14-13(18-15(19)20)8-12(16)9-17-14/h8-11H,2-7H2,1H3,(H,18,20). The third-order valence-corrected chi connectivity index (χ3v) is 5.00. The van der Waals surface area contributed by atoms with Crippen molar-refractivity contribution in [1.29, 1.82) is 0 Å². The average molecular weight is 310 g/mol. The summed E-state index contributed by atoms with van der Waals surface area (Å²) in [4.78, 5) is 7.60. The lowest BCUT2D eigenvalue weighted by Gasteiger charge is -2.26. The Morgan fingerprint density at radius 1 is 1.40 bits per heavy atom. The van der Waals surface area contributed by atoms with Gasteiger partial charge in [0.1, 0.15) is 0 Å². The number of rotatable bonds is 3. The second-order valence-corrected chi connectivity index (χ2v) is 6.84. The van der Waals surface area contributed by atoms with Gasteiger partial charge in [-0.05, 0) is 36.5 Å². The number of H-pyrrole nitrogens is 1. The molecule has 0 aliphatic heterocycles. The average Bonchev–Trinajstić information content (AvgIpc) is 2.73. The molecular formula is C15H20ClN3S. The van der Waals surface area contributed by atoms with Crippen LogP contribution in [0.3, 0.4) is 0 Å². The van der Waals surface area contributed by atoms with E-state index in [2.05, 4.69) is 21.5 Å². The molecule has 0 spiro atoms. The number of aromatic nitrogens is 3. The first kappa shape index (κ1) is 14.1. The lowest BCUT2D eigenvalue weighted by Crippen LogP contribution is -2.14. The van der Waals surface area contributed by atoms with Crippen molar-refractivity contribution < 1.29 is 0 Å². The van der Waals surface area contributed by atoms with E-state index < -0.39 is 0 Å². The van der Waals surface area contributed by atoms with E-state index in [1.807, 2.05) is 6.07 Å². The molecule has 108 valence electrons. The minimum Gasteiger partial charge on any atom is -0.329 e. The van der Waals surface area contributed by atoms with E-state index in [0.717, 1.165) is 34.3 Å². The highest BCUT2D eigenvalue weighted by atomic mass is 35.5. The fourth-order valence-electron chi connectivity index (χ4n) is 3.15. The van der Waals surface area contributed by atoms with Crippen LogP contribution in [0.15, 0.2) is 12.3 Å². The lowest BCUT2D eigenvalue weighted by molar-refractivity contribution is 0.269. The van der Waals surface area contributed by atoms with Crippen molar-refractivity contribution in [1.82, 2.24) is 14.5 Å². The van der Waals surface area contributed by atoms with Crippen LogP contribution >= 0.6 is 23.8 Å². The van der Waals surface area contributed by atoms with Crippen LogP contribution in [-0.4, -0.2) is 14.5 Å². The summed E-state index contributed by atoms with van der Waals surface area (Å²) in [5, 5.41) is 0.641. The maximum absolute atomic E-state index is 5.97. The maximum Gasteiger partial charge on any atom is 0.179 e. The van der Waals surface area contributed by atoms with Crippen LogP contribution in [0.2, 0.25) is 5.02 Å². The highest BCUT2D eigenvalue weighted by Gasteiger charge is 2.18. The van der Waals surface area contributed by atoms with Gasteiger partial charge in [-0.1, -0.05) is 44.2 Å². The molecule has 0 atom stereocenters. The zero-order valence-electron chi connectivity index (χ0n) is 11.7. The number of imidazole rings is 1. The summed E-state index contributed by atoms with van der Waals surface area (Å²) in [6, 6.07) is 1.89. The molecule has 2 aromatic rings. The van der Waals surface area contributed by atoms with Gasteiger partial charge in [-0.2, -0.15) is 0 Å². The first-order valence-corrected chi connectivity index (χ1v) is 8.16. The highest BCUT2D eigenvalue weighted by molar-refractivity contribution is 7.71. The molecule has 3 rings (SSSR count). The molecule has 0 saturated heterocycles. The number of pyridine rings is 1. The van der Waals surface area contributed by atoms with Gasteiger partial charge >= 0.3 is 0 Å². The minimum absolute atomic E-state index is 0.641. The molecule has 2 heterocycles. The molecule has 1 aliphatic carbocycles. The molecule has 20 heavy (non-hydrogen) atoms. The Hall–Kier alpha value is -0.870. The first-order valence-electron chi connectivity index (χ1n) is 7.37. The zero-order valence-corrected chi connectivity index (χ0v) is 13.3. The van der Waals surface area contributed by atoms with E-state index in [1.54, 1.807) is 6.20 Å². The van der Waals surface area contributed by atoms with Crippen LogP contribution in [0.1, 0.15) is 39.0 Å². The van der Waals surface area contributed by atoms with E-state index in [-0.39, 0.29) is 0 Å². The van der Waals surface area contributed by atoms with Crippen LogP contribution in [0.5, 0.6) is 0 Å². The van der Waals surface area contributed by atoms with Gasteiger partial charge in [-0.25, -0.2) is 4.98 Å². The predicted molar refractivity (Wildman–Crippen MR) is 85.7 cm³/mol. The number of hydrogen-bond donors (Lipinski definition) is 1. The molecule has 1 saturated carbocycles. The monoisotopic (exact) mass is 309 g/mol. The van der Waals surface area contributed by atoms with Gasteiger partial charge in [-0.3, -0.25) is 0 Å². The van der Waals surface area contributed by atoms with Crippen molar-refractivity contribution in [2.24, 2.45) is 11.8 Å². The van der Waals surface area contributed by atoms with Gasteiger partial charge in [-0.15, -0.1) is 0 Å². The van der Waals surface area contributed by atoms with Gasteiger partial charge in [0.05, 0.1) is 10.5 Å². The molecule has 0 bridgehead atoms. The summed E-state index contributed by atoms with van der Waals surface area (Å²) in [6.07, 6.45) is 8.34. The number of aromatic amines is 1. The number of nitrogens with zero attached hydrogens (tertiary/aromatic N) is 2. The zero-order chi connectivity index (χ0) is 14.1. The summed E-state index contributed by atoms with van der Waals surface area (Å²) in [7, 11) is 0. The van der Waals surface area contributed by atoms with Crippen molar-refractivity contribution in [3.63, 3.8) is 0 Å². The van der Waals surface area contributed by atoms with Crippen LogP contribution < -0.4 is 0 Å². The quantitative estimate of drug-likeness (QED) is 0.813. The molecule has 1 fully saturated rings. The Bertz CT molecular complexity index is 653. The van der Waals surface area contributed by atoms with Crippen LogP contribution in [-0.2, 0) is 6.54 Å². The van der Waals surface area contributed by atoms with Crippen molar-refractivity contribution in [2.75, 3.05) is 0 Å². The Morgan fingerprint density at radius 2 is 2.15 bits per heavy atom. The van der Waals surface area contributed by atoms with Crippen molar-refractivity contribution in [3.8, 4) is 0 Å². The summed E-state index contributed by atoms with van der Waals surface area (Å²) < 4.78 is 2.86. The normalized spacial score (nSPS) is 23.3. The molecular weight excluding hydrogens is 290 g/mol. The maximum atomic E-state index is 5.97. The number of fused-ring (bicyclic) bond motifs is 1. The largest absolute Gasteiger partial charge is 0.329 e. The Kier molecular flexibility index (Phi) is 4.13. The highest BCUT2D eigenvalue weighted by Crippen LogP contribution is 2.31. The molecule has 0 unspecified atom stereocenters. The lowest BCUT2D eigenvalue weighted by atomic mass is 9.81. The van der Waals surface area contributed by atoms with Crippen molar-refractivity contribution in [2.45, 2.75) is 45.6 Å². The number of halogens is 1. The molecule has 0 amide bonds. The molecule has 1 N–H and O–H groups in total. The van der Waals surface area contributed by atoms with Crippen LogP contribution in [0, 0.1) is 16.6 Å². The van der Waals surface area contributed by atoms with E-state index in [9.17, 15) is 0 Å². The Balaban J connectivity index is 1.74. The smallest absolute Gasteiger partial charge is 0.179 e. The molecule has 5 heteroatoms. The Labute approximate surface area is 129 Å². The van der Waals surface area contributed by atoms with Crippen molar-refractivity contribution in [3.05, 3.63) is 22.1 Å². The first-order chi connectivity index (χ1) is 9.63. The second kappa shape index (κ2) is 5.86. The number of hydrogen-bond acceptors (Lipinski definition) is 2. The summed E-state index contributed by atoms with van der Waals surface area (Å²) >= 11 is 11.4. The topological polar surface area (TPSA) is 33.6 Å². The number of aryl methyl sites for hydroxylation is 1. The summed E-state index contributed by atoms with van der Waals surface area (Å²) in [5.41, 5.74) is 1.85. The third-order valence-electron chi connectivity index (χ3n) is 4.47. The van der Waals surface area contributed by atoms with Gasteiger partial charge in [0, 0.05) is 12.7 Å². The molecule has 1 aliphatic rings. The van der Waals surface area contributed by atoms with Gasteiger partial charge in [0.2, 0.25) is 0 Å². The fraction of sp³-hybridized carbons (Fsp3) is 0.600. The second-order valence-electron chi connectivity index (χ2n) is 6.02. The molecule has 2 aromatic heterocycles. The molecule has 0 radical (unpaired) electrons. The molecule has 0 aromatic carbocycles. The van der Waals surface area contributed by atoms with Gasteiger partial charge < -0.3 is 9.55 Å². The van der Waals surface area contributed by atoms with E-state index in [1.165, 1.54) is 32.1 Å². The van der Waals surface area contributed by atoms with Gasteiger partial charge in [0.25, 0.3) is 0 Å². The summed E-state index contributed by atoms with van der Waals surface area (Å²) in [5.74, 6) is 1.75. The fourth-order valence-corrected chi connectivity index (χ4v) is 3.60.